The minimum atomic E-state index is -0.194. The Bertz CT molecular complexity index is 792. The zero-order valence-electron chi connectivity index (χ0n) is 15.0. The lowest BCUT2D eigenvalue weighted by Crippen LogP contribution is -2.09. The molecule has 130 valence electrons. The van der Waals surface area contributed by atoms with Gasteiger partial charge >= 0.3 is 0 Å². The number of benzene rings is 3. The fraction of sp³-hybridized carbons (Fsp3) is 0.208. The van der Waals surface area contributed by atoms with E-state index in [1.165, 1.54) is 29.2 Å². The Balaban J connectivity index is 1.60. The van der Waals surface area contributed by atoms with Crippen LogP contribution in [0.1, 0.15) is 17.5 Å². The average molecular weight is 357 g/mol. The molecule has 0 aromatic heterocycles. The van der Waals surface area contributed by atoms with Crippen molar-refractivity contribution in [3.8, 4) is 0 Å². The summed E-state index contributed by atoms with van der Waals surface area (Å²) in [5.41, 5.74) is 5.43. The molecule has 1 fully saturated rings. The van der Waals surface area contributed by atoms with Crippen LogP contribution >= 0.6 is 7.92 Å². The van der Waals surface area contributed by atoms with E-state index in [4.69, 9.17) is 4.99 Å². The van der Waals surface area contributed by atoms with Gasteiger partial charge in [-0.1, -0.05) is 86.8 Å². The fourth-order valence-corrected chi connectivity index (χ4v) is 6.48. The lowest BCUT2D eigenvalue weighted by Gasteiger charge is -2.17. The van der Waals surface area contributed by atoms with Gasteiger partial charge in [-0.05, 0) is 48.4 Å². The van der Waals surface area contributed by atoms with Gasteiger partial charge in [0, 0.05) is 11.4 Å². The molecule has 3 aromatic rings. The van der Waals surface area contributed by atoms with Gasteiger partial charge in [0.25, 0.3) is 0 Å². The first-order chi connectivity index (χ1) is 12.9. The van der Waals surface area contributed by atoms with Crippen LogP contribution in [0.15, 0.2) is 96.0 Å². The maximum absolute atomic E-state index is 5.16. The van der Waals surface area contributed by atoms with Crippen LogP contribution in [-0.2, 0) is 12.6 Å². The molecule has 1 heterocycles. The molecule has 0 saturated carbocycles. The molecule has 1 aliphatic rings. The highest BCUT2D eigenvalue weighted by molar-refractivity contribution is 7.75. The summed E-state index contributed by atoms with van der Waals surface area (Å²) in [5.74, 6) is 0.576. The summed E-state index contributed by atoms with van der Waals surface area (Å²) in [4.78, 5) is 5.16. The van der Waals surface area contributed by atoms with Gasteiger partial charge in [0.2, 0.25) is 0 Å². The number of aliphatic imine (C=N–C) groups is 1. The van der Waals surface area contributed by atoms with Crippen molar-refractivity contribution in [3.63, 3.8) is 0 Å². The minimum Gasteiger partial charge on any atom is -0.253 e. The quantitative estimate of drug-likeness (QED) is 0.453. The van der Waals surface area contributed by atoms with Crippen molar-refractivity contribution >= 4 is 19.1 Å². The van der Waals surface area contributed by atoms with Gasteiger partial charge in [-0.3, -0.25) is 4.99 Å². The highest BCUT2D eigenvalue weighted by atomic mass is 31.1. The SMILES string of the molecule is c1ccc(CC2CCP(Cc3ccccc3)C2=Nc2ccccc2)cc1. The topological polar surface area (TPSA) is 12.4 Å². The normalized spacial score (nSPS) is 21.2. The molecule has 0 aliphatic carbocycles. The molecular formula is C24H24NP. The summed E-state index contributed by atoms with van der Waals surface area (Å²) in [6, 6.07) is 32.3. The molecule has 1 nitrogen and oxygen atoms in total. The Kier molecular flexibility index (Phi) is 5.57. The molecule has 0 bridgehead atoms. The van der Waals surface area contributed by atoms with Gasteiger partial charge in [0.05, 0.1) is 5.69 Å². The number of nitrogens with zero attached hydrogens (tertiary/aromatic N) is 1. The van der Waals surface area contributed by atoms with Crippen LogP contribution in [-0.4, -0.2) is 11.6 Å². The second-order valence-electron chi connectivity index (χ2n) is 6.89. The van der Waals surface area contributed by atoms with Crippen molar-refractivity contribution in [2.24, 2.45) is 10.9 Å². The van der Waals surface area contributed by atoms with Gasteiger partial charge < -0.3 is 0 Å². The van der Waals surface area contributed by atoms with E-state index in [0.717, 1.165) is 18.3 Å². The van der Waals surface area contributed by atoms with Crippen molar-refractivity contribution in [2.45, 2.75) is 19.0 Å². The molecular weight excluding hydrogens is 333 g/mol. The third kappa shape index (κ3) is 4.29. The standard InChI is InChI=1S/C24H24NP/c1-4-10-20(11-5-1)18-22-16-17-26(19-21-12-6-2-7-13-21)24(22)25-23-14-8-3-9-15-23/h1-15,22H,16-19H2. The molecule has 4 rings (SSSR count). The summed E-state index contributed by atoms with van der Waals surface area (Å²) in [5, 5.41) is 0. The monoisotopic (exact) mass is 357 g/mol. The van der Waals surface area contributed by atoms with Gasteiger partial charge in [-0.2, -0.15) is 0 Å². The van der Waals surface area contributed by atoms with Crippen LogP contribution in [0.5, 0.6) is 0 Å². The Labute approximate surface area is 157 Å². The van der Waals surface area contributed by atoms with E-state index in [9.17, 15) is 0 Å². The van der Waals surface area contributed by atoms with Crippen LogP contribution in [0.2, 0.25) is 0 Å². The van der Waals surface area contributed by atoms with E-state index in [1.807, 2.05) is 0 Å². The van der Waals surface area contributed by atoms with Crippen molar-refractivity contribution in [2.75, 3.05) is 6.16 Å². The number of para-hydroxylation sites is 1. The summed E-state index contributed by atoms with van der Waals surface area (Å²) >= 11 is 0. The second-order valence-corrected chi connectivity index (χ2v) is 9.19. The third-order valence-corrected chi connectivity index (χ3v) is 7.64. The Hall–Kier alpha value is -2.24. The molecule has 0 spiro atoms. The van der Waals surface area contributed by atoms with Crippen LogP contribution in [0, 0.1) is 5.92 Å². The minimum absolute atomic E-state index is 0.194. The first kappa shape index (κ1) is 17.2. The predicted octanol–water partition coefficient (Wildman–Crippen LogP) is 6.66. The summed E-state index contributed by atoms with van der Waals surface area (Å²) < 4.78 is 0. The molecule has 2 heteroatoms. The lowest BCUT2D eigenvalue weighted by molar-refractivity contribution is 0.689. The Morgan fingerprint density at radius 2 is 1.31 bits per heavy atom. The summed E-state index contributed by atoms with van der Waals surface area (Å²) in [7, 11) is -0.194. The number of rotatable bonds is 5. The molecule has 26 heavy (non-hydrogen) atoms. The van der Waals surface area contributed by atoms with Crippen LogP contribution in [0.4, 0.5) is 5.69 Å². The smallest absolute Gasteiger partial charge is 0.0633 e. The average Bonchev–Trinajstić information content (AvgIpc) is 3.05. The summed E-state index contributed by atoms with van der Waals surface area (Å²) in [6.45, 7) is 0. The van der Waals surface area contributed by atoms with E-state index < -0.39 is 0 Å². The largest absolute Gasteiger partial charge is 0.253 e. The first-order valence-electron chi connectivity index (χ1n) is 9.35. The molecule has 3 aromatic carbocycles. The van der Waals surface area contributed by atoms with Gasteiger partial charge in [0.1, 0.15) is 0 Å². The molecule has 1 aliphatic heterocycles. The predicted molar refractivity (Wildman–Crippen MR) is 114 cm³/mol. The molecule has 1 saturated heterocycles. The molecule has 2 unspecified atom stereocenters. The lowest BCUT2D eigenvalue weighted by atomic mass is 9.98. The molecule has 0 radical (unpaired) electrons. The highest BCUT2D eigenvalue weighted by Crippen LogP contribution is 2.52. The van der Waals surface area contributed by atoms with Gasteiger partial charge in [0.15, 0.2) is 0 Å². The zero-order chi connectivity index (χ0) is 17.6. The maximum Gasteiger partial charge on any atom is 0.0633 e. The zero-order valence-corrected chi connectivity index (χ0v) is 15.9. The van der Waals surface area contributed by atoms with E-state index in [0.29, 0.717) is 5.92 Å². The molecule has 0 amide bonds. The van der Waals surface area contributed by atoms with Crippen LogP contribution < -0.4 is 0 Å². The van der Waals surface area contributed by atoms with E-state index in [-0.39, 0.29) is 7.92 Å². The van der Waals surface area contributed by atoms with E-state index >= 15 is 0 Å². The van der Waals surface area contributed by atoms with Crippen molar-refractivity contribution < 1.29 is 0 Å². The van der Waals surface area contributed by atoms with Crippen molar-refractivity contribution in [1.82, 2.24) is 0 Å². The highest BCUT2D eigenvalue weighted by Gasteiger charge is 2.31. The number of hydrogen-bond donors (Lipinski definition) is 0. The molecule has 0 N–H and O–H groups in total. The number of hydrogen-bond acceptors (Lipinski definition) is 1. The van der Waals surface area contributed by atoms with Crippen molar-refractivity contribution in [1.29, 1.82) is 0 Å². The van der Waals surface area contributed by atoms with Gasteiger partial charge in [-0.15, -0.1) is 0 Å². The third-order valence-electron chi connectivity index (χ3n) is 4.98. The maximum atomic E-state index is 5.16. The first-order valence-corrected chi connectivity index (χ1v) is 11.1. The summed E-state index contributed by atoms with van der Waals surface area (Å²) in [6.07, 6.45) is 4.83. The van der Waals surface area contributed by atoms with E-state index in [2.05, 4.69) is 91.0 Å². The van der Waals surface area contributed by atoms with E-state index in [1.54, 1.807) is 0 Å². The van der Waals surface area contributed by atoms with Crippen LogP contribution in [0.3, 0.4) is 0 Å². The van der Waals surface area contributed by atoms with Crippen molar-refractivity contribution in [3.05, 3.63) is 102 Å². The fourth-order valence-electron chi connectivity index (χ4n) is 3.67. The van der Waals surface area contributed by atoms with Gasteiger partial charge in [-0.25, -0.2) is 0 Å². The Morgan fingerprint density at radius 3 is 1.96 bits per heavy atom. The molecule has 2 atom stereocenters. The second kappa shape index (κ2) is 8.43. The van der Waals surface area contributed by atoms with Crippen LogP contribution in [0.25, 0.3) is 0 Å². The Morgan fingerprint density at radius 1 is 0.731 bits per heavy atom.